The van der Waals surface area contributed by atoms with Crippen LogP contribution in [0, 0.1) is 0 Å². The van der Waals surface area contributed by atoms with Gasteiger partial charge in [0.15, 0.2) is 0 Å². The van der Waals surface area contributed by atoms with Crippen LogP contribution in [0.5, 0.6) is 0 Å². The summed E-state index contributed by atoms with van der Waals surface area (Å²) in [6, 6.07) is 0. The van der Waals surface area contributed by atoms with Crippen molar-refractivity contribution in [3.63, 3.8) is 0 Å². The molecule has 0 unspecified atom stereocenters. The Labute approximate surface area is 117 Å². The lowest BCUT2D eigenvalue weighted by Crippen LogP contribution is -1.96. The molecule has 0 aromatic carbocycles. The average Bonchev–Trinajstić information content (AvgIpc) is 2.29. The van der Waals surface area contributed by atoms with Crippen molar-refractivity contribution < 1.29 is 19.8 Å². The van der Waals surface area contributed by atoms with E-state index in [1.807, 2.05) is 23.5 Å². The number of unbranched alkanes of at least 4 members (excludes halogenated alkanes) is 2. The largest absolute Gasteiger partial charge is 0.481 e. The minimum absolute atomic E-state index is 0.277. The SMILES string of the molecule is O=C(O)CCCCSCCSCCCCC(=O)O. The second-order valence-corrected chi connectivity index (χ2v) is 6.38. The van der Waals surface area contributed by atoms with Crippen LogP contribution in [0.1, 0.15) is 38.5 Å². The Kier molecular flexibility index (Phi) is 12.8. The monoisotopic (exact) mass is 294 g/mol. The predicted octanol–water partition coefficient (Wildman–Crippen LogP) is 2.96. The van der Waals surface area contributed by atoms with Gasteiger partial charge in [-0.25, -0.2) is 0 Å². The molecule has 0 bridgehead atoms. The summed E-state index contributed by atoms with van der Waals surface area (Å²) in [5, 5.41) is 16.9. The molecule has 0 aliphatic rings. The third kappa shape index (κ3) is 15.6. The third-order valence-corrected chi connectivity index (χ3v) is 4.63. The van der Waals surface area contributed by atoms with E-state index in [4.69, 9.17) is 10.2 Å². The molecule has 6 heteroatoms. The minimum Gasteiger partial charge on any atom is -0.481 e. The topological polar surface area (TPSA) is 74.6 Å². The second-order valence-electron chi connectivity index (χ2n) is 3.93. The summed E-state index contributed by atoms with van der Waals surface area (Å²) >= 11 is 3.73. The van der Waals surface area contributed by atoms with Crippen LogP contribution in [0.15, 0.2) is 0 Å². The molecule has 0 aromatic rings. The van der Waals surface area contributed by atoms with E-state index < -0.39 is 11.9 Å². The smallest absolute Gasteiger partial charge is 0.303 e. The van der Waals surface area contributed by atoms with Crippen molar-refractivity contribution in [3.05, 3.63) is 0 Å². The first-order valence-electron chi connectivity index (χ1n) is 6.22. The van der Waals surface area contributed by atoms with Gasteiger partial charge in [0, 0.05) is 24.3 Å². The summed E-state index contributed by atoms with van der Waals surface area (Å²) in [5.41, 5.74) is 0. The van der Waals surface area contributed by atoms with Crippen molar-refractivity contribution in [3.8, 4) is 0 Å². The number of rotatable bonds is 13. The highest BCUT2D eigenvalue weighted by Crippen LogP contribution is 2.12. The van der Waals surface area contributed by atoms with Crippen LogP contribution in [-0.4, -0.2) is 45.2 Å². The molecule has 0 fully saturated rings. The van der Waals surface area contributed by atoms with Gasteiger partial charge in [-0.3, -0.25) is 9.59 Å². The Morgan fingerprint density at radius 2 is 1.06 bits per heavy atom. The highest BCUT2D eigenvalue weighted by Gasteiger charge is 1.98. The zero-order valence-electron chi connectivity index (χ0n) is 10.6. The number of carboxylic acid groups (broad SMARTS) is 2. The van der Waals surface area contributed by atoms with E-state index in [0.717, 1.165) is 48.7 Å². The molecule has 0 saturated heterocycles. The van der Waals surface area contributed by atoms with E-state index in [1.165, 1.54) is 0 Å². The fraction of sp³-hybridized carbons (Fsp3) is 0.833. The summed E-state index contributed by atoms with van der Waals surface area (Å²) in [7, 11) is 0. The highest BCUT2D eigenvalue weighted by molar-refractivity contribution is 8.02. The molecule has 0 atom stereocenters. The molecule has 0 amide bonds. The van der Waals surface area contributed by atoms with E-state index in [9.17, 15) is 9.59 Å². The van der Waals surface area contributed by atoms with Crippen molar-refractivity contribution in [1.29, 1.82) is 0 Å². The Morgan fingerprint density at radius 1 is 0.667 bits per heavy atom. The molecule has 18 heavy (non-hydrogen) atoms. The van der Waals surface area contributed by atoms with Gasteiger partial charge in [-0.15, -0.1) is 0 Å². The zero-order chi connectivity index (χ0) is 13.6. The molecule has 0 spiro atoms. The molecular formula is C12H22O4S2. The fourth-order valence-electron chi connectivity index (χ4n) is 1.28. The Morgan fingerprint density at radius 3 is 1.39 bits per heavy atom. The lowest BCUT2D eigenvalue weighted by atomic mass is 10.3. The number of carbonyl (C=O) groups is 2. The first-order chi connectivity index (χ1) is 8.63. The molecule has 106 valence electrons. The van der Waals surface area contributed by atoms with Crippen molar-refractivity contribution in [2.24, 2.45) is 0 Å². The van der Waals surface area contributed by atoms with Crippen molar-refractivity contribution >= 4 is 35.5 Å². The Hall–Kier alpha value is -0.360. The van der Waals surface area contributed by atoms with Crippen LogP contribution in [0.4, 0.5) is 0 Å². The van der Waals surface area contributed by atoms with Crippen LogP contribution in [0.3, 0.4) is 0 Å². The molecule has 0 saturated carbocycles. The second kappa shape index (κ2) is 13.1. The van der Waals surface area contributed by atoms with Gasteiger partial charge in [0.05, 0.1) is 0 Å². The van der Waals surface area contributed by atoms with E-state index in [0.29, 0.717) is 0 Å². The molecule has 0 aliphatic heterocycles. The van der Waals surface area contributed by atoms with Crippen LogP contribution >= 0.6 is 23.5 Å². The van der Waals surface area contributed by atoms with Crippen LogP contribution in [0.2, 0.25) is 0 Å². The van der Waals surface area contributed by atoms with Crippen molar-refractivity contribution in [2.45, 2.75) is 38.5 Å². The van der Waals surface area contributed by atoms with Gasteiger partial charge in [0.1, 0.15) is 0 Å². The average molecular weight is 294 g/mol. The van der Waals surface area contributed by atoms with Gasteiger partial charge in [-0.05, 0) is 37.2 Å². The lowest BCUT2D eigenvalue weighted by molar-refractivity contribution is -0.138. The highest BCUT2D eigenvalue weighted by atomic mass is 32.2. The Balaban J connectivity index is 2.99. The summed E-state index contributed by atoms with van der Waals surface area (Å²) in [5.74, 6) is 2.83. The first kappa shape index (κ1) is 17.6. The quantitative estimate of drug-likeness (QED) is 0.509. The number of hydrogen-bond acceptors (Lipinski definition) is 4. The van der Waals surface area contributed by atoms with Gasteiger partial charge in [0.2, 0.25) is 0 Å². The summed E-state index contributed by atoms with van der Waals surface area (Å²) in [6.07, 6.45) is 4.04. The van der Waals surface area contributed by atoms with Gasteiger partial charge in [-0.1, -0.05) is 0 Å². The first-order valence-corrected chi connectivity index (χ1v) is 8.53. The molecule has 0 heterocycles. The number of aliphatic carboxylic acids is 2. The molecule has 4 nitrogen and oxygen atoms in total. The van der Waals surface area contributed by atoms with Crippen molar-refractivity contribution in [1.82, 2.24) is 0 Å². The lowest BCUT2D eigenvalue weighted by Gasteiger charge is -2.02. The molecule has 0 aliphatic carbocycles. The van der Waals surface area contributed by atoms with Crippen LogP contribution < -0.4 is 0 Å². The summed E-state index contributed by atoms with van der Waals surface area (Å²) < 4.78 is 0. The maximum atomic E-state index is 10.3. The maximum Gasteiger partial charge on any atom is 0.303 e. The molecule has 0 aromatic heterocycles. The fourth-order valence-corrected chi connectivity index (χ4v) is 3.45. The normalized spacial score (nSPS) is 10.4. The zero-order valence-corrected chi connectivity index (χ0v) is 12.2. The maximum absolute atomic E-state index is 10.3. The summed E-state index contributed by atoms with van der Waals surface area (Å²) in [6.45, 7) is 0. The van der Waals surface area contributed by atoms with Crippen LogP contribution in [-0.2, 0) is 9.59 Å². The predicted molar refractivity (Wildman–Crippen MR) is 77.6 cm³/mol. The minimum atomic E-state index is -0.711. The number of thioether (sulfide) groups is 2. The molecular weight excluding hydrogens is 272 g/mol. The number of carboxylic acids is 2. The molecule has 0 rings (SSSR count). The molecule has 0 radical (unpaired) electrons. The van der Waals surface area contributed by atoms with Gasteiger partial charge in [0.25, 0.3) is 0 Å². The summed E-state index contributed by atoms with van der Waals surface area (Å²) in [4.78, 5) is 20.5. The number of hydrogen-bond donors (Lipinski definition) is 2. The van der Waals surface area contributed by atoms with E-state index >= 15 is 0 Å². The van der Waals surface area contributed by atoms with Gasteiger partial charge in [-0.2, -0.15) is 23.5 Å². The van der Waals surface area contributed by atoms with Crippen molar-refractivity contribution in [2.75, 3.05) is 23.0 Å². The molecule has 2 N–H and O–H groups in total. The van der Waals surface area contributed by atoms with Gasteiger partial charge < -0.3 is 10.2 Å². The van der Waals surface area contributed by atoms with Crippen LogP contribution in [0.25, 0.3) is 0 Å². The van der Waals surface area contributed by atoms with E-state index in [-0.39, 0.29) is 12.8 Å². The standard InChI is InChI=1S/C12H22O4S2/c13-11(14)5-1-3-7-17-9-10-18-8-4-2-6-12(15)16/h1-10H2,(H,13,14)(H,15,16). The third-order valence-electron chi connectivity index (χ3n) is 2.23. The van der Waals surface area contributed by atoms with E-state index in [2.05, 4.69) is 0 Å². The van der Waals surface area contributed by atoms with E-state index in [1.54, 1.807) is 0 Å². The van der Waals surface area contributed by atoms with Gasteiger partial charge >= 0.3 is 11.9 Å². The Bertz CT molecular complexity index is 210.